The number of likely N-dealkylation sites (N-methyl/N-ethyl adjacent to an activating group) is 1. The minimum Gasteiger partial charge on any atom is -0.355 e. The fraction of sp³-hybridized carbons (Fsp3) is 0.933. The first-order valence-electron chi connectivity index (χ1n) is 7.93. The third-order valence-corrected chi connectivity index (χ3v) is 4.26. The number of rotatable bonds is 8. The maximum absolute atomic E-state index is 12.2. The van der Waals surface area contributed by atoms with E-state index in [1.807, 2.05) is 0 Å². The van der Waals surface area contributed by atoms with E-state index >= 15 is 0 Å². The minimum atomic E-state index is 0.153. The normalized spacial score (nSPS) is 23.6. The van der Waals surface area contributed by atoms with Gasteiger partial charge in [0.2, 0.25) is 5.91 Å². The molecule has 1 saturated carbocycles. The van der Waals surface area contributed by atoms with Crippen molar-refractivity contribution < 1.29 is 4.79 Å². The summed E-state index contributed by atoms with van der Waals surface area (Å²) >= 11 is 0. The minimum absolute atomic E-state index is 0.153. The molecule has 0 aliphatic heterocycles. The van der Waals surface area contributed by atoms with Crippen LogP contribution in [0.3, 0.4) is 0 Å². The number of carbonyl (C=O) groups excluding carboxylic acids is 1. The van der Waals surface area contributed by atoms with Crippen LogP contribution in [0, 0.1) is 11.8 Å². The van der Waals surface area contributed by atoms with E-state index in [2.05, 4.69) is 24.1 Å². The second kappa shape index (κ2) is 9.32. The first-order valence-corrected chi connectivity index (χ1v) is 7.93. The fourth-order valence-corrected chi connectivity index (χ4v) is 3.05. The molecule has 2 unspecified atom stereocenters. The number of carbonyl (C=O) groups is 1. The van der Waals surface area contributed by atoms with Gasteiger partial charge in [0, 0.05) is 19.0 Å². The van der Waals surface area contributed by atoms with Gasteiger partial charge in [0.15, 0.2) is 0 Å². The van der Waals surface area contributed by atoms with E-state index in [9.17, 15) is 4.79 Å². The average molecular weight is 269 g/mol. The predicted molar refractivity (Wildman–Crippen MR) is 79.9 cm³/mol. The van der Waals surface area contributed by atoms with Crippen molar-refractivity contribution in [3.05, 3.63) is 0 Å². The van der Waals surface area contributed by atoms with Gasteiger partial charge >= 0.3 is 0 Å². The summed E-state index contributed by atoms with van der Waals surface area (Å²) in [6.07, 6.45) is 5.70. The molecule has 1 aliphatic rings. The van der Waals surface area contributed by atoms with E-state index in [4.69, 9.17) is 5.73 Å². The van der Waals surface area contributed by atoms with Crippen molar-refractivity contribution in [2.24, 2.45) is 17.6 Å². The smallest absolute Gasteiger partial charge is 0.223 e. The van der Waals surface area contributed by atoms with E-state index in [-0.39, 0.29) is 11.8 Å². The first kappa shape index (κ1) is 16.4. The van der Waals surface area contributed by atoms with Crippen molar-refractivity contribution in [3.63, 3.8) is 0 Å². The quantitative estimate of drug-likeness (QED) is 0.703. The maximum Gasteiger partial charge on any atom is 0.223 e. The molecule has 0 saturated heterocycles. The molecule has 4 nitrogen and oxygen atoms in total. The number of nitrogens with zero attached hydrogens (tertiary/aromatic N) is 1. The van der Waals surface area contributed by atoms with Gasteiger partial charge in [-0.2, -0.15) is 0 Å². The summed E-state index contributed by atoms with van der Waals surface area (Å²) in [6.45, 7) is 8.89. The number of hydrogen-bond donors (Lipinski definition) is 2. The van der Waals surface area contributed by atoms with E-state index in [1.54, 1.807) is 0 Å². The molecular weight excluding hydrogens is 238 g/mol. The Labute approximate surface area is 118 Å². The van der Waals surface area contributed by atoms with Crippen molar-refractivity contribution in [3.8, 4) is 0 Å². The molecule has 0 bridgehead atoms. The predicted octanol–water partition coefficient (Wildman–Crippen LogP) is 1.60. The molecule has 0 aromatic heterocycles. The Morgan fingerprint density at radius 2 is 2.00 bits per heavy atom. The second-order valence-electron chi connectivity index (χ2n) is 5.61. The van der Waals surface area contributed by atoms with Crippen molar-refractivity contribution in [1.82, 2.24) is 10.2 Å². The van der Waals surface area contributed by atoms with Crippen LogP contribution in [0.5, 0.6) is 0 Å². The highest BCUT2D eigenvalue weighted by Crippen LogP contribution is 2.29. The molecule has 1 aliphatic carbocycles. The highest BCUT2D eigenvalue weighted by molar-refractivity contribution is 5.79. The SMILES string of the molecule is CCCN(CC)CCNC(=O)C1CCCCC1CN. The van der Waals surface area contributed by atoms with E-state index in [0.717, 1.165) is 39.0 Å². The van der Waals surface area contributed by atoms with Gasteiger partial charge in [0.25, 0.3) is 0 Å². The maximum atomic E-state index is 12.2. The van der Waals surface area contributed by atoms with Crippen LogP contribution in [0.4, 0.5) is 0 Å². The molecular formula is C15H31N3O. The monoisotopic (exact) mass is 269 g/mol. The third-order valence-electron chi connectivity index (χ3n) is 4.26. The Hall–Kier alpha value is -0.610. The van der Waals surface area contributed by atoms with Gasteiger partial charge in [-0.25, -0.2) is 0 Å². The molecule has 1 amide bonds. The van der Waals surface area contributed by atoms with Crippen molar-refractivity contribution in [1.29, 1.82) is 0 Å². The van der Waals surface area contributed by atoms with Gasteiger partial charge in [-0.3, -0.25) is 4.79 Å². The lowest BCUT2D eigenvalue weighted by Gasteiger charge is -2.30. The largest absolute Gasteiger partial charge is 0.355 e. The molecule has 2 atom stereocenters. The summed E-state index contributed by atoms with van der Waals surface area (Å²) in [6, 6.07) is 0. The highest BCUT2D eigenvalue weighted by Gasteiger charge is 2.29. The molecule has 112 valence electrons. The Morgan fingerprint density at radius 3 is 2.63 bits per heavy atom. The Balaban J connectivity index is 2.29. The van der Waals surface area contributed by atoms with E-state index in [1.165, 1.54) is 19.3 Å². The molecule has 3 N–H and O–H groups in total. The summed E-state index contributed by atoms with van der Waals surface area (Å²) in [7, 11) is 0. The van der Waals surface area contributed by atoms with Crippen LogP contribution >= 0.6 is 0 Å². The summed E-state index contributed by atoms with van der Waals surface area (Å²) in [4.78, 5) is 14.6. The van der Waals surface area contributed by atoms with Gasteiger partial charge in [0.05, 0.1) is 0 Å². The number of nitrogens with two attached hydrogens (primary N) is 1. The van der Waals surface area contributed by atoms with Gasteiger partial charge in [-0.1, -0.05) is 26.7 Å². The molecule has 0 aromatic rings. The zero-order chi connectivity index (χ0) is 14.1. The van der Waals surface area contributed by atoms with Crippen LogP contribution in [-0.2, 0) is 4.79 Å². The highest BCUT2D eigenvalue weighted by atomic mass is 16.1. The summed E-state index contributed by atoms with van der Waals surface area (Å²) in [5.74, 6) is 0.773. The molecule has 0 spiro atoms. The third kappa shape index (κ3) is 5.49. The molecule has 19 heavy (non-hydrogen) atoms. The van der Waals surface area contributed by atoms with E-state index < -0.39 is 0 Å². The van der Waals surface area contributed by atoms with Crippen molar-refractivity contribution in [2.45, 2.75) is 46.0 Å². The molecule has 0 heterocycles. The van der Waals surface area contributed by atoms with Gasteiger partial charge < -0.3 is 16.0 Å². The zero-order valence-electron chi connectivity index (χ0n) is 12.7. The van der Waals surface area contributed by atoms with E-state index in [0.29, 0.717) is 12.5 Å². The van der Waals surface area contributed by atoms with Crippen molar-refractivity contribution >= 4 is 5.91 Å². The second-order valence-corrected chi connectivity index (χ2v) is 5.61. The van der Waals surface area contributed by atoms with Crippen molar-refractivity contribution in [2.75, 3.05) is 32.7 Å². The average Bonchev–Trinajstić information content (AvgIpc) is 2.46. The summed E-state index contributed by atoms with van der Waals surface area (Å²) in [5.41, 5.74) is 5.78. The summed E-state index contributed by atoms with van der Waals surface area (Å²) < 4.78 is 0. The Kier molecular flexibility index (Phi) is 8.07. The zero-order valence-corrected chi connectivity index (χ0v) is 12.7. The van der Waals surface area contributed by atoms with Crippen LogP contribution in [0.15, 0.2) is 0 Å². The van der Waals surface area contributed by atoms with Crippen LogP contribution in [0.25, 0.3) is 0 Å². The lowest BCUT2D eigenvalue weighted by Crippen LogP contribution is -2.42. The van der Waals surface area contributed by atoms with Gasteiger partial charge in [0.1, 0.15) is 0 Å². The molecule has 0 aromatic carbocycles. The molecule has 1 fully saturated rings. The topological polar surface area (TPSA) is 58.4 Å². The Bertz CT molecular complexity index is 258. The van der Waals surface area contributed by atoms with Gasteiger partial charge in [-0.05, 0) is 44.8 Å². The van der Waals surface area contributed by atoms with Gasteiger partial charge in [-0.15, -0.1) is 0 Å². The van der Waals surface area contributed by atoms with Crippen LogP contribution < -0.4 is 11.1 Å². The number of amides is 1. The Morgan fingerprint density at radius 1 is 1.26 bits per heavy atom. The first-order chi connectivity index (χ1) is 9.22. The molecule has 1 rings (SSSR count). The number of nitrogens with one attached hydrogen (secondary N) is 1. The van der Waals surface area contributed by atoms with Crippen LogP contribution in [-0.4, -0.2) is 43.5 Å². The molecule has 4 heteroatoms. The lowest BCUT2D eigenvalue weighted by molar-refractivity contribution is -0.127. The summed E-state index contributed by atoms with van der Waals surface area (Å²) in [5, 5.41) is 3.10. The fourth-order valence-electron chi connectivity index (χ4n) is 3.05. The number of hydrogen-bond acceptors (Lipinski definition) is 3. The molecule has 0 radical (unpaired) electrons. The van der Waals surface area contributed by atoms with Crippen LogP contribution in [0.2, 0.25) is 0 Å². The standard InChI is InChI=1S/C15H31N3O/c1-3-10-18(4-2)11-9-17-15(19)14-8-6-5-7-13(14)12-16/h13-14H,3-12,16H2,1-2H3,(H,17,19). The lowest BCUT2D eigenvalue weighted by atomic mass is 9.79. The van der Waals surface area contributed by atoms with Crippen LogP contribution in [0.1, 0.15) is 46.0 Å².